The van der Waals surface area contributed by atoms with Crippen LogP contribution in [0.5, 0.6) is 5.75 Å². The normalized spacial score (nSPS) is 10.8. The van der Waals surface area contributed by atoms with Crippen LogP contribution in [0.3, 0.4) is 0 Å². The molecule has 3 aromatic rings. The van der Waals surface area contributed by atoms with E-state index < -0.39 is 11.7 Å². The maximum atomic E-state index is 14.1. The third kappa shape index (κ3) is 4.86. The molecule has 9 heteroatoms. The highest BCUT2D eigenvalue weighted by Gasteiger charge is 2.18. The first kappa shape index (κ1) is 22.3. The van der Waals surface area contributed by atoms with Crippen molar-refractivity contribution in [1.29, 1.82) is 0 Å². The van der Waals surface area contributed by atoms with E-state index in [-0.39, 0.29) is 28.2 Å². The SMILES string of the molecule is COc1ccc(NC(=O)c2cnn(C(C)C)c2C)cc1NC(=O)c1ccc(Cl)cc1F. The number of aromatic nitrogens is 2. The lowest BCUT2D eigenvalue weighted by atomic mass is 10.1. The van der Waals surface area contributed by atoms with E-state index in [1.165, 1.54) is 31.5 Å². The van der Waals surface area contributed by atoms with Crippen LogP contribution in [0.4, 0.5) is 15.8 Å². The van der Waals surface area contributed by atoms with Crippen LogP contribution in [0.1, 0.15) is 46.3 Å². The van der Waals surface area contributed by atoms with Crippen LogP contribution in [-0.4, -0.2) is 28.7 Å². The van der Waals surface area contributed by atoms with Crippen molar-refractivity contribution in [3.05, 3.63) is 70.3 Å². The van der Waals surface area contributed by atoms with Crippen LogP contribution in [-0.2, 0) is 0 Å². The van der Waals surface area contributed by atoms with Crippen molar-refractivity contribution in [3.8, 4) is 5.75 Å². The van der Waals surface area contributed by atoms with Gasteiger partial charge in [-0.2, -0.15) is 5.10 Å². The smallest absolute Gasteiger partial charge is 0.259 e. The summed E-state index contributed by atoms with van der Waals surface area (Å²) in [6.07, 6.45) is 1.51. The number of methoxy groups -OCH3 is 1. The van der Waals surface area contributed by atoms with Gasteiger partial charge in [0.2, 0.25) is 0 Å². The summed E-state index contributed by atoms with van der Waals surface area (Å²) in [6.45, 7) is 5.77. The number of carbonyl (C=O) groups excluding carboxylic acids is 2. The zero-order valence-electron chi connectivity index (χ0n) is 17.5. The minimum absolute atomic E-state index is 0.123. The van der Waals surface area contributed by atoms with E-state index in [0.29, 0.717) is 17.0 Å². The summed E-state index contributed by atoms with van der Waals surface area (Å²) < 4.78 is 21.1. The molecule has 0 saturated carbocycles. The highest BCUT2D eigenvalue weighted by Crippen LogP contribution is 2.29. The van der Waals surface area contributed by atoms with E-state index in [0.717, 1.165) is 11.8 Å². The molecule has 7 nitrogen and oxygen atoms in total. The van der Waals surface area contributed by atoms with Crippen LogP contribution >= 0.6 is 11.6 Å². The van der Waals surface area contributed by atoms with E-state index in [2.05, 4.69) is 15.7 Å². The third-order valence-electron chi connectivity index (χ3n) is 4.66. The van der Waals surface area contributed by atoms with Crippen molar-refractivity contribution in [1.82, 2.24) is 9.78 Å². The Labute approximate surface area is 184 Å². The summed E-state index contributed by atoms with van der Waals surface area (Å²) in [5.41, 5.74) is 1.72. The average molecular weight is 445 g/mol. The van der Waals surface area contributed by atoms with Gasteiger partial charge in [-0.1, -0.05) is 11.6 Å². The van der Waals surface area contributed by atoms with Crippen molar-refractivity contribution in [2.45, 2.75) is 26.8 Å². The Morgan fingerprint density at radius 1 is 1.10 bits per heavy atom. The maximum Gasteiger partial charge on any atom is 0.259 e. The molecule has 0 aliphatic carbocycles. The molecular weight excluding hydrogens is 423 g/mol. The molecule has 31 heavy (non-hydrogen) atoms. The number of hydrogen-bond donors (Lipinski definition) is 2. The summed E-state index contributed by atoms with van der Waals surface area (Å²) in [5, 5.41) is 9.82. The van der Waals surface area contributed by atoms with E-state index >= 15 is 0 Å². The number of amides is 2. The highest BCUT2D eigenvalue weighted by molar-refractivity contribution is 6.30. The van der Waals surface area contributed by atoms with Crippen LogP contribution in [0.15, 0.2) is 42.6 Å². The molecular formula is C22H22ClFN4O3. The highest BCUT2D eigenvalue weighted by atomic mass is 35.5. The van der Waals surface area contributed by atoms with Gasteiger partial charge in [0.05, 0.1) is 30.1 Å². The second-order valence-electron chi connectivity index (χ2n) is 7.13. The number of halogens is 2. The first-order valence-corrected chi connectivity index (χ1v) is 9.89. The van der Waals surface area contributed by atoms with Gasteiger partial charge in [0.1, 0.15) is 11.6 Å². The molecule has 1 heterocycles. The predicted molar refractivity (Wildman–Crippen MR) is 118 cm³/mol. The molecule has 0 aliphatic heterocycles. The number of nitrogens with one attached hydrogen (secondary N) is 2. The minimum atomic E-state index is -0.744. The molecule has 0 unspecified atom stereocenters. The van der Waals surface area contributed by atoms with Gasteiger partial charge in [0.25, 0.3) is 11.8 Å². The van der Waals surface area contributed by atoms with E-state index in [4.69, 9.17) is 16.3 Å². The lowest BCUT2D eigenvalue weighted by Crippen LogP contribution is -2.16. The van der Waals surface area contributed by atoms with Gasteiger partial charge in [-0.3, -0.25) is 14.3 Å². The van der Waals surface area contributed by atoms with Crippen molar-refractivity contribution in [3.63, 3.8) is 0 Å². The minimum Gasteiger partial charge on any atom is -0.495 e. The molecule has 1 aromatic heterocycles. The standard InChI is InChI=1S/C22H22ClFN4O3/c1-12(2)28-13(3)17(11-25-28)22(30)26-15-6-8-20(31-4)19(10-15)27-21(29)16-7-5-14(23)9-18(16)24/h5-12H,1-4H3,(H,26,30)(H,27,29). The zero-order chi connectivity index (χ0) is 22.7. The number of benzene rings is 2. The fourth-order valence-electron chi connectivity index (χ4n) is 3.11. The number of anilines is 2. The number of ether oxygens (including phenoxy) is 1. The molecule has 0 radical (unpaired) electrons. The largest absolute Gasteiger partial charge is 0.495 e. The van der Waals surface area contributed by atoms with Crippen molar-refractivity contribution < 1.29 is 18.7 Å². The van der Waals surface area contributed by atoms with Gasteiger partial charge in [-0.05, 0) is 57.2 Å². The predicted octanol–water partition coefficient (Wildman–Crippen LogP) is 5.08. The molecule has 0 bridgehead atoms. The van der Waals surface area contributed by atoms with Crippen LogP contribution in [0.25, 0.3) is 0 Å². The molecule has 2 N–H and O–H groups in total. The van der Waals surface area contributed by atoms with Gasteiger partial charge in [0, 0.05) is 22.4 Å². The Bertz CT molecular complexity index is 1140. The van der Waals surface area contributed by atoms with Gasteiger partial charge < -0.3 is 15.4 Å². The molecule has 0 aliphatic rings. The average Bonchev–Trinajstić information content (AvgIpc) is 3.10. The first-order valence-electron chi connectivity index (χ1n) is 9.51. The van der Waals surface area contributed by atoms with E-state index in [1.807, 2.05) is 20.8 Å². The van der Waals surface area contributed by atoms with Crippen LogP contribution in [0, 0.1) is 12.7 Å². The van der Waals surface area contributed by atoms with Gasteiger partial charge >= 0.3 is 0 Å². The number of hydrogen-bond acceptors (Lipinski definition) is 4. The summed E-state index contributed by atoms with van der Waals surface area (Å²) in [7, 11) is 1.44. The molecule has 2 amide bonds. The Kier molecular flexibility index (Phi) is 6.60. The summed E-state index contributed by atoms with van der Waals surface area (Å²) in [6, 6.07) is 8.66. The first-order chi connectivity index (χ1) is 14.7. The van der Waals surface area contributed by atoms with E-state index in [9.17, 15) is 14.0 Å². The maximum absolute atomic E-state index is 14.1. The van der Waals surface area contributed by atoms with Crippen molar-refractivity contribution in [2.75, 3.05) is 17.7 Å². The summed E-state index contributed by atoms with van der Waals surface area (Å²) >= 11 is 5.74. The number of carbonyl (C=O) groups is 2. The van der Waals surface area contributed by atoms with Gasteiger partial charge in [0.15, 0.2) is 0 Å². The molecule has 0 saturated heterocycles. The fraction of sp³-hybridized carbons (Fsp3) is 0.227. The van der Waals surface area contributed by atoms with E-state index in [1.54, 1.807) is 16.8 Å². The lowest BCUT2D eigenvalue weighted by Gasteiger charge is -2.13. The van der Waals surface area contributed by atoms with Crippen LogP contribution in [0.2, 0.25) is 5.02 Å². The second-order valence-corrected chi connectivity index (χ2v) is 7.57. The van der Waals surface area contributed by atoms with Gasteiger partial charge in [-0.15, -0.1) is 0 Å². The Balaban J connectivity index is 1.83. The number of nitrogens with zero attached hydrogens (tertiary/aromatic N) is 2. The van der Waals surface area contributed by atoms with Crippen LogP contribution < -0.4 is 15.4 Å². The molecule has 0 spiro atoms. The molecule has 2 aromatic carbocycles. The Morgan fingerprint density at radius 3 is 2.42 bits per heavy atom. The van der Waals surface area contributed by atoms with Crippen molar-refractivity contribution in [2.24, 2.45) is 0 Å². The second kappa shape index (κ2) is 9.18. The summed E-state index contributed by atoms with van der Waals surface area (Å²) in [4.78, 5) is 25.2. The monoisotopic (exact) mass is 444 g/mol. The molecule has 3 rings (SSSR count). The molecule has 162 valence electrons. The fourth-order valence-corrected chi connectivity index (χ4v) is 3.27. The topological polar surface area (TPSA) is 85.2 Å². The quantitative estimate of drug-likeness (QED) is 0.555. The third-order valence-corrected chi connectivity index (χ3v) is 4.89. The Hall–Kier alpha value is -3.39. The van der Waals surface area contributed by atoms with Crippen molar-refractivity contribution >= 4 is 34.8 Å². The summed E-state index contributed by atoms with van der Waals surface area (Å²) in [5.74, 6) is -1.41. The number of rotatable bonds is 6. The van der Waals surface area contributed by atoms with Gasteiger partial charge in [-0.25, -0.2) is 4.39 Å². The molecule has 0 atom stereocenters. The molecule has 0 fully saturated rings. The zero-order valence-corrected chi connectivity index (χ0v) is 18.2. The Morgan fingerprint density at radius 2 is 1.81 bits per heavy atom. The lowest BCUT2D eigenvalue weighted by molar-refractivity contribution is 0.101.